The minimum absolute atomic E-state index is 0.181. The van der Waals surface area contributed by atoms with Crippen molar-refractivity contribution < 1.29 is 4.43 Å². The largest absolute Gasteiger partial charge is 0.410 e. The molecule has 1 aliphatic carbocycles. The molecule has 2 heteroatoms. The van der Waals surface area contributed by atoms with E-state index >= 15 is 0 Å². The Morgan fingerprint density at radius 2 is 1.65 bits per heavy atom. The third-order valence-corrected chi connectivity index (χ3v) is 6.25. The first kappa shape index (κ1) is 12.3. The molecule has 1 atom stereocenters. The van der Waals surface area contributed by atoms with Gasteiger partial charge in [0.1, 0.15) is 0 Å². The Hall–Kier alpha value is -1.12. The van der Waals surface area contributed by atoms with E-state index in [0.29, 0.717) is 5.54 Å². The highest BCUT2D eigenvalue weighted by atomic mass is 28.4. The highest BCUT2D eigenvalue weighted by Crippen LogP contribution is 2.33. The molecule has 2 rings (SSSR count). The van der Waals surface area contributed by atoms with Crippen molar-refractivity contribution in [3.05, 3.63) is 60.2 Å². The summed E-state index contributed by atoms with van der Waals surface area (Å²) in [7, 11) is -1.69. The van der Waals surface area contributed by atoms with Crippen molar-refractivity contribution in [2.75, 3.05) is 0 Å². The fourth-order valence-corrected chi connectivity index (χ4v) is 4.58. The van der Waals surface area contributed by atoms with E-state index in [-0.39, 0.29) is 6.10 Å². The summed E-state index contributed by atoms with van der Waals surface area (Å²) in [4.78, 5) is 0. The molecular formula is C15H20OSi. The standard InChI is InChI=1S/C15H20OSi/c1-13(14-9-5-4-6-10-14)16-17(2,3)15-11-7-8-12-15/h4-13,15H,1-3H3. The molecule has 0 aliphatic heterocycles. The van der Waals surface area contributed by atoms with Gasteiger partial charge in [-0.25, -0.2) is 0 Å². The van der Waals surface area contributed by atoms with Crippen LogP contribution in [0, 0.1) is 0 Å². The molecule has 0 saturated carbocycles. The first-order valence-corrected chi connectivity index (χ1v) is 9.16. The van der Waals surface area contributed by atoms with Crippen LogP contribution in [0.25, 0.3) is 0 Å². The van der Waals surface area contributed by atoms with Crippen LogP contribution < -0.4 is 0 Å². The van der Waals surface area contributed by atoms with Crippen molar-refractivity contribution in [2.45, 2.75) is 31.7 Å². The average molecular weight is 244 g/mol. The summed E-state index contributed by atoms with van der Waals surface area (Å²) in [5.41, 5.74) is 1.77. The maximum Gasteiger partial charge on any atom is 0.198 e. The zero-order valence-electron chi connectivity index (χ0n) is 10.8. The van der Waals surface area contributed by atoms with E-state index in [1.54, 1.807) is 0 Å². The predicted octanol–water partition coefficient (Wildman–Crippen LogP) is 4.47. The van der Waals surface area contributed by atoms with Crippen molar-refractivity contribution in [3.63, 3.8) is 0 Å². The highest BCUT2D eigenvalue weighted by Gasteiger charge is 2.33. The van der Waals surface area contributed by atoms with E-state index in [4.69, 9.17) is 4.43 Å². The lowest BCUT2D eigenvalue weighted by atomic mass is 10.1. The van der Waals surface area contributed by atoms with Gasteiger partial charge in [-0.3, -0.25) is 0 Å². The van der Waals surface area contributed by atoms with E-state index in [0.717, 1.165) is 0 Å². The van der Waals surface area contributed by atoms with E-state index in [1.165, 1.54) is 5.56 Å². The zero-order valence-corrected chi connectivity index (χ0v) is 11.8. The maximum absolute atomic E-state index is 6.34. The van der Waals surface area contributed by atoms with Crippen LogP contribution in [0.5, 0.6) is 0 Å². The normalized spacial score (nSPS) is 17.6. The lowest BCUT2D eigenvalue weighted by Gasteiger charge is -2.31. The fourth-order valence-electron chi connectivity index (χ4n) is 2.22. The molecule has 0 fully saturated rings. The van der Waals surface area contributed by atoms with Gasteiger partial charge in [0.2, 0.25) is 0 Å². The van der Waals surface area contributed by atoms with E-state index in [1.807, 2.05) is 6.07 Å². The monoisotopic (exact) mass is 244 g/mol. The van der Waals surface area contributed by atoms with Gasteiger partial charge >= 0.3 is 0 Å². The Bertz CT molecular complexity index is 408. The fraction of sp³-hybridized carbons (Fsp3) is 0.333. The second-order valence-corrected chi connectivity index (χ2v) is 9.18. The van der Waals surface area contributed by atoms with Crippen molar-refractivity contribution in [1.29, 1.82) is 0 Å². The van der Waals surface area contributed by atoms with Crippen LogP contribution in [0.1, 0.15) is 18.6 Å². The minimum Gasteiger partial charge on any atom is -0.410 e. The first-order chi connectivity index (χ1) is 8.09. The molecule has 0 amide bonds. The van der Waals surface area contributed by atoms with Crippen molar-refractivity contribution in [2.24, 2.45) is 0 Å². The number of hydrogen-bond donors (Lipinski definition) is 0. The molecule has 0 aromatic heterocycles. The number of rotatable bonds is 4. The van der Waals surface area contributed by atoms with Crippen molar-refractivity contribution >= 4 is 8.32 Å². The van der Waals surface area contributed by atoms with Crippen LogP contribution >= 0.6 is 0 Å². The molecule has 0 spiro atoms. The van der Waals surface area contributed by atoms with E-state index in [2.05, 4.69) is 68.6 Å². The summed E-state index contributed by atoms with van der Waals surface area (Å²) < 4.78 is 6.34. The molecule has 0 radical (unpaired) electrons. The molecular weight excluding hydrogens is 224 g/mol. The highest BCUT2D eigenvalue weighted by molar-refractivity contribution is 6.73. The molecule has 1 unspecified atom stereocenters. The maximum atomic E-state index is 6.34. The lowest BCUT2D eigenvalue weighted by molar-refractivity contribution is 0.214. The molecule has 1 aromatic carbocycles. The minimum atomic E-state index is -1.69. The SMILES string of the molecule is CC(O[Si](C)(C)C1C=CC=C1)c1ccccc1. The Morgan fingerprint density at radius 3 is 2.24 bits per heavy atom. The Kier molecular flexibility index (Phi) is 3.65. The lowest BCUT2D eigenvalue weighted by Crippen LogP contribution is -2.35. The van der Waals surface area contributed by atoms with Gasteiger partial charge in [0.15, 0.2) is 8.32 Å². The van der Waals surface area contributed by atoms with Crippen molar-refractivity contribution in [1.82, 2.24) is 0 Å². The molecule has 0 bridgehead atoms. The molecule has 0 N–H and O–H groups in total. The molecule has 17 heavy (non-hydrogen) atoms. The van der Waals surface area contributed by atoms with Gasteiger partial charge in [0.05, 0.1) is 6.10 Å². The molecule has 1 nitrogen and oxygen atoms in total. The van der Waals surface area contributed by atoms with Gasteiger partial charge < -0.3 is 4.43 Å². The number of hydrogen-bond acceptors (Lipinski definition) is 1. The second kappa shape index (κ2) is 5.03. The summed E-state index contributed by atoms with van der Waals surface area (Å²) in [5.74, 6) is 0. The molecule has 0 saturated heterocycles. The van der Waals surface area contributed by atoms with Crippen LogP contribution in [-0.4, -0.2) is 8.32 Å². The van der Waals surface area contributed by atoms with Gasteiger partial charge in [-0.1, -0.05) is 54.6 Å². The number of benzene rings is 1. The molecule has 1 aromatic rings. The third-order valence-electron chi connectivity index (χ3n) is 3.30. The van der Waals surface area contributed by atoms with Crippen LogP contribution in [-0.2, 0) is 4.43 Å². The van der Waals surface area contributed by atoms with Gasteiger partial charge in [-0.15, -0.1) is 0 Å². The smallest absolute Gasteiger partial charge is 0.198 e. The van der Waals surface area contributed by atoms with Gasteiger partial charge in [-0.05, 0) is 25.6 Å². The van der Waals surface area contributed by atoms with Crippen LogP contribution in [0.3, 0.4) is 0 Å². The summed E-state index contributed by atoms with van der Waals surface area (Å²) in [6.45, 7) is 6.72. The average Bonchev–Trinajstić information content (AvgIpc) is 2.84. The molecule has 1 aliphatic rings. The Labute approximate surface area is 105 Å². The van der Waals surface area contributed by atoms with Crippen LogP contribution in [0.15, 0.2) is 54.6 Å². The first-order valence-electron chi connectivity index (χ1n) is 6.17. The van der Waals surface area contributed by atoms with Crippen molar-refractivity contribution in [3.8, 4) is 0 Å². The predicted molar refractivity (Wildman–Crippen MR) is 75.5 cm³/mol. The number of allylic oxidation sites excluding steroid dienone is 4. The summed E-state index contributed by atoms with van der Waals surface area (Å²) in [6.07, 6.45) is 8.93. The van der Waals surface area contributed by atoms with Gasteiger partial charge in [-0.2, -0.15) is 0 Å². The van der Waals surface area contributed by atoms with Crippen LogP contribution in [0.2, 0.25) is 18.6 Å². The molecule has 0 heterocycles. The summed E-state index contributed by atoms with van der Waals surface area (Å²) >= 11 is 0. The quantitative estimate of drug-likeness (QED) is 0.710. The molecule has 90 valence electrons. The topological polar surface area (TPSA) is 9.23 Å². The zero-order chi connectivity index (χ0) is 12.3. The summed E-state index contributed by atoms with van der Waals surface area (Å²) in [6, 6.07) is 10.4. The van der Waals surface area contributed by atoms with E-state index in [9.17, 15) is 0 Å². The van der Waals surface area contributed by atoms with E-state index < -0.39 is 8.32 Å². The third kappa shape index (κ3) is 2.96. The second-order valence-electron chi connectivity index (χ2n) is 5.07. The van der Waals surface area contributed by atoms with Crippen LogP contribution in [0.4, 0.5) is 0 Å². The summed E-state index contributed by atoms with van der Waals surface area (Å²) in [5, 5.41) is 0. The Morgan fingerprint density at radius 1 is 1.06 bits per heavy atom. The van der Waals surface area contributed by atoms with Gasteiger partial charge in [0.25, 0.3) is 0 Å². The van der Waals surface area contributed by atoms with Gasteiger partial charge in [0, 0.05) is 5.54 Å². The Balaban J connectivity index is 2.05.